The summed E-state index contributed by atoms with van der Waals surface area (Å²) in [5.74, 6) is 0.132. The van der Waals surface area contributed by atoms with Crippen molar-refractivity contribution in [2.75, 3.05) is 0 Å². The summed E-state index contributed by atoms with van der Waals surface area (Å²) >= 11 is 0.178. The third-order valence-corrected chi connectivity index (χ3v) is 4.40. The molecule has 2 aromatic carbocycles. The lowest BCUT2D eigenvalue weighted by Crippen LogP contribution is -1.92. The summed E-state index contributed by atoms with van der Waals surface area (Å²) < 4.78 is 25.6. The van der Waals surface area contributed by atoms with Crippen molar-refractivity contribution in [1.29, 1.82) is 0 Å². The van der Waals surface area contributed by atoms with E-state index in [9.17, 15) is 12.6 Å². The van der Waals surface area contributed by atoms with E-state index in [4.69, 9.17) is 0 Å². The van der Waals surface area contributed by atoms with E-state index >= 15 is 0 Å². The first kappa shape index (κ1) is 13.6. The maximum absolute atomic E-state index is 13.1. The number of aryl methyl sites for hydroxylation is 1. The Labute approximate surface area is 124 Å². The van der Waals surface area contributed by atoms with Crippen LogP contribution in [0, 0.1) is 0 Å². The van der Waals surface area contributed by atoms with Gasteiger partial charge in [0.05, 0.1) is 24.3 Å². The Kier molecular flexibility index (Phi) is 3.81. The fraction of sp³-hybridized carbons (Fsp3) is 0.133. The standard InChI is InChI=1S/C15H10F2OS2/c16-19-11-4-5-12(15(8-11)20-17)10-2-1-9-3-6-14(18)13(9)7-10/h1-2,4-5,7-8H,3,6H2. The Bertz CT molecular complexity index is 686. The highest BCUT2D eigenvalue weighted by molar-refractivity contribution is 7.95. The monoisotopic (exact) mass is 308 g/mol. The Morgan fingerprint density at radius 1 is 0.900 bits per heavy atom. The first-order chi connectivity index (χ1) is 9.72. The van der Waals surface area contributed by atoms with Gasteiger partial charge in [0.2, 0.25) is 0 Å². The van der Waals surface area contributed by atoms with Crippen molar-refractivity contribution < 1.29 is 12.6 Å². The molecular formula is C15H10F2OS2. The van der Waals surface area contributed by atoms with Gasteiger partial charge in [-0.05, 0) is 41.3 Å². The van der Waals surface area contributed by atoms with Gasteiger partial charge in [0.25, 0.3) is 0 Å². The van der Waals surface area contributed by atoms with E-state index in [2.05, 4.69) is 0 Å². The van der Waals surface area contributed by atoms with E-state index in [1.54, 1.807) is 12.1 Å². The molecule has 0 aromatic heterocycles. The second kappa shape index (κ2) is 5.58. The Balaban J connectivity index is 2.09. The van der Waals surface area contributed by atoms with E-state index in [1.807, 2.05) is 18.2 Å². The second-order valence-electron chi connectivity index (χ2n) is 4.61. The van der Waals surface area contributed by atoms with Gasteiger partial charge in [-0.1, -0.05) is 18.2 Å². The molecule has 0 atom stereocenters. The molecule has 0 fully saturated rings. The van der Waals surface area contributed by atoms with E-state index in [0.717, 1.165) is 23.1 Å². The van der Waals surface area contributed by atoms with Gasteiger partial charge >= 0.3 is 0 Å². The normalized spacial score (nSPS) is 13.6. The molecule has 0 spiro atoms. The van der Waals surface area contributed by atoms with Gasteiger partial charge in [0.1, 0.15) is 0 Å². The summed E-state index contributed by atoms with van der Waals surface area (Å²) in [5, 5.41) is 0. The molecule has 0 radical (unpaired) electrons. The van der Waals surface area contributed by atoms with Gasteiger partial charge in [-0.3, -0.25) is 4.79 Å². The summed E-state index contributed by atoms with van der Waals surface area (Å²) in [6.07, 6.45) is 1.32. The summed E-state index contributed by atoms with van der Waals surface area (Å²) in [5.41, 5.74) is 3.23. The van der Waals surface area contributed by atoms with Crippen LogP contribution in [-0.4, -0.2) is 5.78 Å². The van der Waals surface area contributed by atoms with E-state index in [0.29, 0.717) is 21.8 Å². The van der Waals surface area contributed by atoms with Crippen LogP contribution in [-0.2, 0) is 6.42 Å². The summed E-state index contributed by atoms with van der Waals surface area (Å²) in [6, 6.07) is 10.4. The number of halogens is 2. The number of Topliss-reactive ketones (excluding diaryl/α,β-unsaturated/α-hetero) is 1. The highest BCUT2D eigenvalue weighted by Crippen LogP contribution is 2.37. The molecule has 1 nitrogen and oxygen atoms in total. The number of hydrogen-bond acceptors (Lipinski definition) is 3. The third-order valence-electron chi connectivity index (χ3n) is 3.47. The summed E-state index contributed by atoms with van der Waals surface area (Å²) in [6.45, 7) is 0. The van der Waals surface area contributed by atoms with E-state index in [1.165, 1.54) is 6.07 Å². The third kappa shape index (κ3) is 2.36. The number of ketones is 1. The van der Waals surface area contributed by atoms with Crippen molar-refractivity contribution >= 4 is 30.1 Å². The zero-order valence-electron chi connectivity index (χ0n) is 10.4. The largest absolute Gasteiger partial charge is 0.294 e. The Morgan fingerprint density at radius 3 is 2.50 bits per heavy atom. The average Bonchev–Trinajstić information content (AvgIpc) is 2.87. The lowest BCUT2D eigenvalue weighted by molar-refractivity contribution is 0.0994. The number of fused-ring (bicyclic) bond motifs is 1. The number of carbonyl (C=O) groups excluding carboxylic acids is 1. The molecule has 2 aromatic rings. The van der Waals surface area contributed by atoms with Crippen LogP contribution in [0.5, 0.6) is 0 Å². The fourth-order valence-corrected chi connectivity index (χ4v) is 3.25. The van der Waals surface area contributed by atoms with Gasteiger partial charge in [-0.2, -0.15) is 7.77 Å². The van der Waals surface area contributed by atoms with Gasteiger partial charge in [0.15, 0.2) is 5.78 Å². The second-order valence-corrected chi connectivity index (χ2v) is 5.83. The minimum absolute atomic E-state index is 0.0886. The molecule has 0 unspecified atom stereocenters. The van der Waals surface area contributed by atoms with Crippen molar-refractivity contribution in [2.24, 2.45) is 0 Å². The highest BCUT2D eigenvalue weighted by Gasteiger charge is 2.20. The van der Waals surface area contributed by atoms with Crippen LogP contribution in [0.15, 0.2) is 46.2 Å². The van der Waals surface area contributed by atoms with Gasteiger partial charge in [-0.25, -0.2) is 0 Å². The van der Waals surface area contributed by atoms with Crippen LogP contribution >= 0.6 is 24.3 Å². The van der Waals surface area contributed by atoms with Crippen LogP contribution in [0.2, 0.25) is 0 Å². The molecule has 0 amide bonds. The highest BCUT2D eigenvalue weighted by atomic mass is 32.2. The predicted molar refractivity (Wildman–Crippen MR) is 78.5 cm³/mol. The zero-order valence-corrected chi connectivity index (χ0v) is 12.0. The molecule has 0 aliphatic heterocycles. The summed E-state index contributed by atoms with van der Waals surface area (Å²) in [4.78, 5) is 12.5. The van der Waals surface area contributed by atoms with E-state index in [-0.39, 0.29) is 30.1 Å². The fourth-order valence-electron chi connectivity index (χ4n) is 2.46. The van der Waals surface area contributed by atoms with Crippen molar-refractivity contribution in [3.63, 3.8) is 0 Å². The molecule has 102 valence electrons. The molecule has 0 saturated carbocycles. The van der Waals surface area contributed by atoms with Crippen LogP contribution in [0.1, 0.15) is 22.3 Å². The van der Waals surface area contributed by atoms with Crippen LogP contribution in [0.25, 0.3) is 11.1 Å². The molecule has 5 heteroatoms. The minimum atomic E-state index is 0.0886. The number of carbonyl (C=O) groups is 1. The SMILES string of the molecule is O=C1CCc2ccc(-c3ccc(SF)cc3SF)cc21. The Morgan fingerprint density at radius 2 is 1.75 bits per heavy atom. The molecule has 1 aliphatic carbocycles. The molecule has 0 saturated heterocycles. The number of benzene rings is 2. The smallest absolute Gasteiger partial charge is 0.163 e. The minimum Gasteiger partial charge on any atom is -0.294 e. The lowest BCUT2D eigenvalue weighted by Gasteiger charge is -2.08. The van der Waals surface area contributed by atoms with Crippen LogP contribution in [0.4, 0.5) is 7.77 Å². The zero-order chi connectivity index (χ0) is 14.1. The molecule has 0 heterocycles. The molecule has 0 N–H and O–H groups in total. The lowest BCUT2D eigenvalue weighted by atomic mass is 10.0. The van der Waals surface area contributed by atoms with Gasteiger partial charge in [0, 0.05) is 21.8 Å². The number of hydrogen-bond donors (Lipinski definition) is 0. The van der Waals surface area contributed by atoms with Crippen molar-refractivity contribution in [3.8, 4) is 11.1 Å². The molecular weight excluding hydrogens is 298 g/mol. The quantitative estimate of drug-likeness (QED) is 0.752. The van der Waals surface area contributed by atoms with Crippen LogP contribution < -0.4 is 0 Å². The first-order valence-corrected chi connectivity index (χ1v) is 7.54. The van der Waals surface area contributed by atoms with Crippen molar-refractivity contribution in [2.45, 2.75) is 22.6 Å². The van der Waals surface area contributed by atoms with E-state index < -0.39 is 0 Å². The number of rotatable bonds is 3. The van der Waals surface area contributed by atoms with Gasteiger partial charge < -0.3 is 0 Å². The first-order valence-electron chi connectivity index (χ1n) is 6.10. The summed E-state index contributed by atoms with van der Waals surface area (Å²) in [7, 11) is 0. The molecule has 1 aliphatic rings. The maximum Gasteiger partial charge on any atom is 0.163 e. The van der Waals surface area contributed by atoms with Crippen molar-refractivity contribution in [3.05, 3.63) is 47.5 Å². The van der Waals surface area contributed by atoms with Crippen LogP contribution in [0.3, 0.4) is 0 Å². The average molecular weight is 308 g/mol. The molecule has 3 rings (SSSR count). The maximum atomic E-state index is 13.1. The van der Waals surface area contributed by atoms with Crippen molar-refractivity contribution in [1.82, 2.24) is 0 Å². The topological polar surface area (TPSA) is 17.1 Å². The predicted octanol–water partition coefficient (Wildman–Crippen LogP) is 5.44. The Hall–Kier alpha value is -1.33. The molecule has 20 heavy (non-hydrogen) atoms. The van der Waals surface area contributed by atoms with Gasteiger partial charge in [-0.15, -0.1) is 0 Å². The molecule has 0 bridgehead atoms.